The molecule has 0 aromatic heterocycles. The molecule has 2 saturated heterocycles. The first-order valence-corrected chi connectivity index (χ1v) is 9.62. The highest BCUT2D eigenvalue weighted by atomic mass is 32.2. The number of carbonyl (C=O) groups is 3. The summed E-state index contributed by atoms with van der Waals surface area (Å²) in [5, 5.41) is 22.8. The predicted octanol–water partition coefficient (Wildman–Crippen LogP) is -2.78. The van der Waals surface area contributed by atoms with Gasteiger partial charge in [-0.25, -0.2) is 4.79 Å². The van der Waals surface area contributed by atoms with Gasteiger partial charge in [0.05, 0.1) is 24.1 Å². The number of carboxylic acids is 1. The zero-order valence-electron chi connectivity index (χ0n) is 16.8. The number of nitrogens with one attached hydrogen (secondary N) is 1. The number of likely N-dealkylation sites (N-methyl/N-ethyl adjacent to an activating group) is 1. The monoisotopic (exact) mass is 437 g/mol. The molecule has 0 aromatic carbocycles. The molecule has 2 amide bonds. The number of hydrogen-bond donors (Lipinski definition) is 3. The Morgan fingerprint density at radius 2 is 1.86 bits per heavy atom. The molecule has 29 heavy (non-hydrogen) atoms. The molecule has 3 aliphatic rings. The molecule has 6 atom stereocenters. The minimum atomic E-state index is -1.12. The second-order valence-electron chi connectivity index (χ2n) is 7.44. The van der Waals surface area contributed by atoms with E-state index in [4.69, 9.17) is 0 Å². The van der Waals surface area contributed by atoms with Gasteiger partial charge in [-0.1, -0.05) is 6.92 Å². The first-order chi connectivity index (χ1) is 12.1. The van der Waals surface area contributed by atoms with Crippen LogP contribution in [0.4, 0.5) is 0 Å². The van der Waals surface area contributed by atoms with Crippen molar-refractivity contribution in [1.82, 2.24) is 15.1 Å². The van der Waals surface area contributed by atoms with E-state index in [0.717, 1.165) is 0 Å². The maximum Gasteiger partial charge on any atom is 0.353 e. The van der Waals surface area contributed by atoms with Crippen LogP contribution < -0.4 is 5.32 Å². The van der Waals surface area contributed by atoms with Crippen molar-refractivity contribution in [2.75, 3.05) is 20.6 Å². The summed E-state index contributed by atoms with van der Waals surface area (Å²) >= 11 is 1.45. The first kappa shape index (κ1) is 27.3. The van der Waals surface area contributed by atoms with Crippen LogP contribution in [0, 0.1) is 11.8 Å². The number of carboxylic acid groups (broad SMARTS) is 1. The minimum absolute atomic E-state index is 0. The normalized spacial score (nSPS) is 31.0. The third kappa shape index (κ3) is 4.42. The van der Waals surface area contributed by atoms with Crippen LogP contribution in [0.2, 0.25) is 0 Å². The van der Waals surface area contributed by atoms with E-state index in [1.54, 1.807) is 25.9 Å². The lowest BCUT2D eigenvalue weighted by Gasteiger charge is -2.46. The average molecular weight is 438 g/mol. The zero-order chi connectivity index (χ0) is 19.3. The maximum absolute atomic E-state index is 12.3. The molecule has 0 bridgehead atoms. The number of hydrogen-bond acceptors (Lipinski definition) is 6. The fourth-order valence-electron chi connectivity index (χ4n) is 4.15. The van der Waals surface area contributed by atoms with Crippen molar-refractivity contribution in [3.63, 3.8) is 0 Å². The van der Waals surface area contributed by atoms with Crippen molar-refractivity contribution in [1.29, 1.82) is 0 Å². The van der Waals surface area contributed by atoms with Gasteiger partial charge in [-0.15, -0.1) is 11.8 Å². The van der Waals surface area contributed by atoms with Crippen molar-refractivity contribution in [3.8, 4) is 0 Å². The third-order valence-electron chi connectivity index (χ3n) is 5.43. The predicted molar refractivity (Wildman–Crippen MR) is 107 cm³/mol. The minimum Gasteiger partial charge on any atom is -0.477 e. The number of thioether (sulfide) groups is 1. The van der Waals surface area contributed by atoms with Crippen LogP contribution >= 0.6 is 11.8 Å². The lowest BCUT2D eigenvalue weighted by molar-refractivity contribution is -0.163. The fourth-order valence-corrected chi connectivity index (χ4v) is 5.63. The van der Waals surface area contributed by atoms with E-state index in [1.807, 2.05) is 6.92 Å². The van der Waals surface area contributed by atoms with Crippen LogP contribution in [0.25, 0.3) is 0 Å². The standard InChI is InChI=1S/C17H25N3O5S.3H2O/c1-7-12-11(8(2)21)16(23)20(12)13(17(24)25)14(7)26-9-5-10(18-6-9)15(22)19(3)4;;;/h7-12,18,21H,5-6H2,1-4H3,(H,24,25);3*1H2. The first-order valence-electron chi connectivity index (χ1n) is 8.75. The Kier molecular flexibility index (Phi) is 9.29. The third-order valence-corrected chi connectivity index (χ3v) is 6.95. The van der Waals surface area contributed by atoms with Gasteiger partial charge < -0.3 is 41.8 Å². The summed E-state index contributed by atoms with van der Waals surface area (Å²) in [6.45, 7) is 4.08. The lowest BCUT2D eigenvalue weighted by atomic mass is 9.79. The van der Waals surface area contributed by atoms with E-state index < -0.39 is 18.0 Å². The number of nitrogens with zero attached hydrogens (tertiary/aromatic N) is 2. The van der Waals surface area contributed by atoms with Crippen molar-refractivity contribution >= 4 is 29.5 Å². The van der Waals surface area contributed by atoms with Gasteiger partial charge in [0.2, 0.25) is 11.8 Å². The summed E-state index contributed by atoms with van der Waals surface area (Å²) < 4.78 is 0. The molecule has 2 fully saturated rings. The molecule has 0 aromatic rings. The second-order valence-corrected chi connectivity index (χ2v) is 8.78. The Hall–Kier alpha value is -1.70. The van der Waals surface area contributed by atoms with Gasteiger partial charge >= 0.3 is 5.97 Å². The Bertz CT molecular complexity index is 684. The SMILES string of the molecule is CC(O)C1C(=O)N2C(C(=O)O)=C(SC3CNC(C(=O)N(C)C)C3)C(C)C12.O.O.O. The largest absolute Gasteiger partial charge is 0.477 e. The van der Waals surface area contributed by atoms with E-state index in [2.05, 4.69) is 5.32 Å². The summed E-state index contributed by atoms with van der Waals surface area (Å²) in [7, 11) is 3.42. The highest BCUT2D eigenvalue weighted by Crippen LogP contribution is 2.51. The van der Waals surface area contributed by atoms with Gasteiger partial charge in [0, 0.05) is 36.7 Å². The number of aliphatic hydroxyl groups is 1. The number of β-lactam (4-membered cyclic amide) rings is 1. The number of amides is 2. The van der Waals surface area contributed by atoms with Crippen LogP contribution in [0.1, 0.15) is 20.3 Å². The van der Waals surface area contributed by atoms with Gasteiger partial charge in [-0.05, 0) is 13.3 Å². The molecule has 0 radical (unpaired) electrons. The summed E-state index contributed by atoms with van der Waals surface area (Å²) in [6.07, 6.45) is -0.190. The van der Waals surface area contributed by atoms with Crippen LogP contribution in [0.3, 0.4) is 0 Å². The summed E-state index contributed by atoms with van der Waals surface area (Å²) in [4.78, 5) is 39.8. The van der Waals surface area contributed by atoms with E-state index >= 15 is 0 Å². The van der Waals surface area contributed by atoms with Crippen molar-refractivity contribution in [2.45, 2.75) is 43.7 Å². The van der Waals surface area contributed by atoms with Crippen molar-refractivity contribution in [3.05, 3.63) is 10.6 Å². The Morgan fingerprint density at radius 1 is 1.28 bits per heavy atom. The number of fused-ring (bicyclic) bond motifs is 1. The smallest absolute Gasteiger partial charge is 0.353 e. The lowest BCUT2D eigenvalue weighted by Crippen LogP contribution is -2.63. The molecule has 3 heterocycles. The molecule has 3 aliphatic heterocycles. The molecule has 0 spiro atoms. The van der Waals surface area contributed by atoms with E-state index in [9.17, 15) is 24.6 Å². The number of carbonyl (C=O) groups excluding carboxylic acids is 2. The molecule has 3 rings (SSSR count). The molecular weight excluding hydrogens is 406 g/mol. The molecule has 0 aliphatic carbocycles. The molecule has 11 nitrogen and oxygen atoms in total. The summed E-state index contributed by atoms with van der Waals surface area (Å²) in [6, 6.07) is -0.568. The quantitative estimate of drug-likeness (QED) is 0.385. The number of rotatable bonds is 5. The van der Waals surface area contributed by atoms with Gasteiger partial charge in [0.1, 0.15) is 5.70 Å². The highest BCUT2D eigenvalue weighted by molar-refractivity contribution is 8.03. The molecule has 168 valence electrons. The Balaban J connectivity index is 0.00000261. The van der Waals surface area contributed by atoms with Gasteiger partial charge in [0.25, 0.3) is 0 Å². The summed E-state index contributed by atoms with van der Waals surface area (Å²) in [5.41, 5.74) is 0.0387. The number of aliphatic hydroxyl groups excluding tert-OH is 1. The van der Waals surface area contributed by atoms with E-state index in [1.165, 1.54) is 16.7 Å². The van der Waals surface area contributed by atoms with Gasteiger partial charge in [-0.2, -0.15) is 0 Å². The topological polar surface area (TPSA) is 205 Å². The van der Waals surface area contributed by atoms with E-state index in [-0.39, 0.29) is 57.2 Å². The van der Waals surface area contributed by atoms with E-state index in [0.29, 0.717) is 17.9 Å². The van der Waals surface area contributed by atoms with Crippen molar-refractivity contribution < 1.29 is 41.0 Å². The molecular formula is C17H31N3O8S. The fraction of sp³-hybridized carbons (Fsp3) is 0.706. The van der Waals surface area contributed by atoms with Crippen LogP contribution in [0.5, 0.6) is 0 Å². The average Bonchev–Trinajstić information content (AvgIpc) is 3.09. The Morgan fingerprint density at radius 3 is 2.34 bits per heavy atom. The number of aliphatic carboxylic acids is 1. The van der Waals surface area contributed by atoms with Gasteiger partial charge in [0.15, 0.2) is 0 Å². The van der Waals surface area contributed by atoms with Crippen LogP contribution in [0.15, 0.2) is 10.6 Å². The highest BCUT2D eigenvalue weighted by Gasteiger charge is 2.60. The zero-order valence-corrected chi connectivity index (χ0v) is 17.6. The van der Waals surface area contributed by atoms with Crippen LogP contribution in [-0.4, -0.2) is 98.3 Å². The summed E-state index contributed by atoms with van der Waals surface area (Å²) in [5.74, 6) is -2.14. The van der Waals surface area contributed by atoms with Gasteiger partial charge in [-0.3, -0.25) is 9.59 Å². The van der Waals surface area contributed by atoms with Crippen LogP contribution in [-0.2, 0) is 14.4 Å². The molecule has 0 saturated carbocycles. The maximum atomic E-state index is 12.3. The molecule has 12 heteroatoms. The van der Waals surface area contributed by atoms with Crippen molar-refractivity contribution in [2.24, 2.45) is 11.8 Å². The Labute approximate surface area is 173 Å². The molecule has 6 unspecified atom stereocenters. The second kappa shape index (κ2) is 9.87. The molecule has 9 N–H and O–H groups in total.